The topological polar surface area (TPSA) is 49.6 Å². The SMILES string of the molecule is CCCN(CC(=O)N(C)C)C(C)(C)CN. The van der Waals surface area contributed by atoms with Crippen molar-refractivity contribution in [3.8, 4) is 0 Å². The molecule has 0 saturated heterocycles. The van der Waals surface area contributed by atoms with Crippen LogP contribution in [0.1, 0.15) is 27.2 Å². The first-order valence-electron chi connectivity index (χ1n) is 5.50. The van der Waals surface area contributed by atoms with E-state index < -0.39 is 0 Å². The van der Waals surface area contributed by atoms with Gasteiger partial charge in [-0.05, 0) is 26.8 Å². The van der Waals surface area contributed by atoms with Crippen LogP contribution in [0.25, 0.3) is 0 Å². The highest BCUT2D eigenvalue weighted by Crippen LogP contribution is 2.13. The average Bonchev–Trinajstić information content (AvgIpc) is 2.16. The molecule has 0 aromatic rings. The Hall–Kier alpha value is -0.610. The van der Waals surface area contributed by atoms with Crippen molar-refractivity contribution in [2.45, 2.75) is 32.7 Å². The van der Waals surface area contributed by atoms with Gasteiger partial charge in [0.15, 0.2) is 0 Å². The molecule has 4 nitrogen and oxygen atoms in total. The number of hydrogen-bond donors (Lipinski definition) is 1. The van der Waals surface area contributed by atoms with Gasteiger partial charge in [-0.1, -0.05) is 6.92 Å². The lowest BCUT2D eigenvalue weighted by atomic mass is 10.0. The number of nitrogens with two attached hydrogens (primary N) is 1. The fraction of sp³-hybridized carbons (Fsp3) is 0.909. The molecular weight excluding hydrogens is 190 g/mol. The van der Waals surface area contributed by atoms with Gasteiger partial charge in [0.2, 0.25) is 5.91 Å². The lowest BCUT2D eigenvalue weighted by molar-refractivity contribution is -0.131. The molecule has 0 spiro atoms. The second-order valence-electron chi connectivity index (χ2n) is 4.73. The van der Waals surface area contributed by atoms with Gasteiger partial charge < -0.3 is 10.6 Å². The number of nitrogens with zero attached hydrogens (tertiary/aromatic N) is 2. The van der Waals surface area contributed by atoms with E-state index in [1.54, 1.807) is 19.0 Å². The third-order valence-corrected chi connectivity index (χ3v) is 2.67. The summed E-state index contributed by atoms with van der Waals surface area (Å²) in [5, 5.41) is 0. The molecule has 0 atom stereocenters. The van der Waals surface area contributed by atoms with Gasteiger partial charge in [0.05, 0.1) is 6.54 Å². The fourth-order valence-corrected chi connectivity index (χ4v) is 1.30. The standard InChI is InChI=1S/C11H25N3O/c1-6-7-14(11(2,3)9-12)8-10(15)13(4)5/h6-9,12H2,1-5H3. The Kier molecular flexibility index (Phi) is 5.83. The molecule has 0 aliphatic carbocycles. The number of carbonyl (C=O) groups is 1. The van der Waals surface area contributed by atoms with E-state index in [1.165, 1.54) is 0 Å². The minimum atomic E-state index is -0.109. The van der Waals surface area contributed by atoms with E-state index in [9.17, 15) is 4.79 Å². The Bertz CT molecular complexity index is 202. The van der Waals surface area contributed by atoms with E-state index in [2.05, 4.69) is 25.7 Å². The van der Waals surface area contributed by atoms with Crippen LogP contribution >= 0.6 is 0 Å². The van der Waals surface area contributed by atoms with Crippen LogP contribution in [0, 0.1) is 0 Å². The van der Waals surface area contributed by atoms with Crippen LogP contribution in [0.5, 0.6) is 0 Å². The fourth-order valence-electron chi connectivity index (χ4n) is 1.30. The third kappa shape index (κ3) is 4.62. The quantitative estimate of drug-likeness (QED) is 0.703. The van der Waals surface area contributed by atoms with Gasteiger partial charge in [0, 0.05) is 26.2 Å². The van der Waals surface area contributed by atoms with Gasteiger partial charge in [0.1, 0.15) is 0 Å². The van der Waals surface area contributed by atoms with Crippen molar-refractivity contribution in [3.63, 3.8) is 0 Å². The summed E-state index contributed by atoms with van der Waals surface area (Å²) >= 11 is 0. The first-order chi connectivity index (χ1) is 6.85. The van der Waals surface area contributed by atoms with Crippen molar-refractivity contribution in [1.29, 1.82) is 0 Å². The van der Waals surface area contributed by atoms with Crippen LogP contribution in [0.15, 0.2) is 0 Å². The molecule has 0 aliphatic heterocycles. The van der Waals surface area contributed by atoms with E-state index in [0.29, 0.717) is 13.1 Å². The van der Waals surface area contributed by atoms with Crippen molar-refractivity contribution in [2.24, 2.45) is 5.73 Å². The van der Waals surface area contributed by atoms with Gasteiger partial charge in [0.25, 0.3) is 0 Å². The molecule has 0 aromatic carbocycles. The summed E-state index contributed by atoms with van der Waals surface area (Å²) in [5.74, 6) is 0.130. The summed E-state index contributed by atoms with van der Waals surface area (Å²) in [6.07, 6.45) is 1.03. The molecule has 1 amide bonds. The molecule has 0 aliphatic rings. The van der Waals surface area contributed by atoms with Crippen LogP contribution in [-0.2, 0) is 4.79 Å². The zero-order valence-corrected chi connectivity index (χ0v) is 10.7. The lowest BCUT2D eigenvalue weighted by Crippen LogP contribution is -2.52. The Morgan fingerprint density at radius 3 is 2.20 bits per heavy atom. The maximum atomic E-state index is 11.6. The summed E-state index contributed by atoms with van der Waals surface area (Å²) in [5.41, 5.74) is 5.61. The van der Waals surface area contributed by atoms with Gasteiger partial charge in [-0.15, -0.1) is 0 Å². The zero-order valence-electron chi connectivity index (χ0n) is 10.7. The lowest BCUT2D eigenvalue weighted by Gasteiger charge is -2.37. The van der Waals surface area contributed by atoms with Gasteiger partial charge in [-0.2, -0.15) is 0 Å². The molecule has 0 bridgehead atoms. The summed E-state index contributed by atoms with van der Waals surface area (Å²) in [7, 11) is 3.56. The van der Waals surface area contributed by atoms with Gasteiger partial charge >= 0.3 is 0 Å². The molecular formula is C11H25N3O. The van der Waals surface area contributed by atoms with Crippen LogP contribution in [0.2, 0.25) is 0 Å². The number of rotatable bonds is 6. The number of likely N-dealkylation sites (N-methyl/N-ethyl adjacent to an activating group) is 1. The average molecular weight is 215 g/mol. The zero-order chi connectivity index (χ0) is 12.1. The molecule has 0 radical (unpaired) electrons. The summed E-state index contributed by atoms with van der Waals surface area (Å²) in [4.78, 5) is 15.4. The monoisotopic (exact) mass is 215 g/mol. The molecule has 0 fully saturated rings. The Labute approximate surface area is 93.4 Å². The van der Waals surface area contributed by atoms with Crippen molar-refractivity contribution in [3.05, 3.63) is 0 Å². The first kappa shape index (κ1) is 14.4. The second kappa shape index (κ2) is 6.08. The molecule has 0 heterocycles. The second-order valence-corrected chi connectivity index (χ2v) is 4.73. The molecule has 2 N–H and O–H groups in total. The van der Waals surface area contributed by atoms with Crippen molar-refractivity contribution in [2.75, 3.05) is 33.7 Å². The summed E-state index contributed by atoms with van der Waals surface area (Å²) in [6, 6.07) is 0. The Morgan fingerprint density at radius 2 is 1.87 bits per heavy atom. The normalized spacial score (nSPS) is 11.9. The van der Waals surface area contributed by atoms with Crippen molar-refractivity contribution in [1.82, 2.24) is 9.80 Å². The summed E-state index contributed by atoms with van der Waals surface area (Å²) in [6.45, 7) is 8.18. The summed E-state index contributed by atoms with van der Waals surface area (Å²) < 4.78 is 0. The van der Waals surface area contributed by atoms with E-state index in [-0.39, 0.29) is 11.4 Å². The number of hydrogen-bond acceptors (Lipinski definition) is 3. The van der Waals surface area contributed by atoms with E-state index in [0.717, 1.165) is 13.0 Å². The Balaban J connectivity index is 4.47. The van der Waals surface area contributed by atoms with Crippen molar-refractivity contribution < 1.29 is 4.79 Å². The van der Waals surface area contributed by atoms with Crippen molar-refractivity contribution >= 4 is 5.91 Å². The Morgan fingerprint density at radius 1 is 1.33 bits per heavy atom. The molecule has 90 valence electrons. The van der Waals surface area contributed by atoms with Gasteiger partial charge in [-0.3, -0.25) is 9.69 Å². The smallest absolute Gasteiger partial charge is 0.236 e. The minimum Gasteiger partial charge on any atom is -0.348 e. The predicted octanol–water partition coefficient (Wildman–Crippen LogP) is 0.524. The molecule has 0 unspecified atom stereocenters. The minimum absolute atomic E-state index is 0.109. The highest BCUT2D eigenvalue weighted by molar-refractivity contribution is 5.77. The molecule has 0 rings (SSSR count). The highest BCUT2D eigenvalue weighted by Gasteiger charge is 2.26. The first-order valence-corrected chi connectivity index (χ1v) is 5.50. The van der Waals surface area contributed by atoms with Crippen LogP contribution < -0.4 is 5.73 Å². The predicted molar refractivity (Wildman–Crippen MR) is 63.7 cm³/mol. The maximum Gasteiger partial charge on any atom is 0.236 e. The van der Waals surface area contributed by atoms with Crippen LogP contribution in [0.3, 0.4) is 0 Å². The highest BCUT2D eigenvalue weighted by atomic mass is 16.2. The molecule has 0 saturated carbocycles. The van der Waals surface area contributed by atoms with Gasteiger partial charge in [-0.25, -0.2) is 0 Å². The molecule has 4 heteroatoms. The largest absolute Gasteiger partial charge is 0.348 e. The van der Waals surface area contributed by atoms with E-state index >= 15 is 0 Å². The molecule has 0 aromatic heterocycles. The third-order valence-electron chi connectivity index (χ3n) is 2.67. The number of carbonyl (C=O) groups excluding carboxylic acids is 1. The number of amides is 1. The van der Waals surface area contributed by atoms with E-state index in [4.69, 9.17) is 5.73 Å². The maximum absolute atomic E-state index is 11.6. The van der Waals surface area contributed by atoms with Crippen LogP contribution in [0.4, 0.5) is 0 Å². The molecule has 15 heavy (non-hydrogen) atoms. The van der Waals surface area contributed by atoms with Crippen LogP contribution in [-0.4, -0.2) is 55.0 Å². The van der Waals surface area contributed by atoms with E-state index in [1.807, 2.05) is 0 Å².